The summed E-state index contributed by atoms with van der Waals surface area (Å²) in [6.45, 7) is 10.3. The summed E-state index contributed by atoms with van der Waals surface area (Å²) in [5, 5.41) is 3.04. The predicted molar refractivity (Wildman–Crippen MR) is 121 cm³/mol. The van der Waals surface area contributed by atoms with Crippen molar-refractivity contribution in [1.29, 1.82) is 0 Å². The molecule has 0 saturated carbocycles. The van der Waals surface area contributed by atoms with Crippen molar-refractivity contribution in [2.75, 3.05) is 5.75 Å². The SMILES string of the molecule is CC[C@@H](C(=O)NC(C)(C)C)N(Cc1ccccc1C)C(=O)CSc1ccccc1. The zero-order chi connectivity index (χ0) is 21.4. The van der Waals surface area contributed by atoms with E-state index in [4.69, 9.17) is 0 Å². The maximum absolute atomic E-state index is 13.2. The Labute approximate surface area is 179 Å². The van der Waals surface area contributed by atoms with Gasteiger partial charge in [-0.2, -0.15) is 0 Å². The molecule has 2 amide bonds. The van der Waals surface area contributed by atoms with Gasteiger partial charge in [0.25, 0.3) is 0 Å². The highest BCUT2D eigenvalue weighted by Crippen LogP contribution is 2.21. The zero-order valence-corrected chi connectivity index (χ0v) is 18.9. The summed E-state index contributed by atoms with van der Waals surface area (Å²) < 4.78 is 0. The lowest BCUT2D eigenvalue weighted by Gasteiger charge is -2.33. The Kier molecular flexibility index (Phi) is 8.32. The molecule has 5 heteroatoms. The first-order chi connectivity index (χ1) is 13.7. The Hall–Kier alpha value is -2.27. The first kappa shape index (κ1) is 23.0. The van der Waals surface area contributed by atoms with Crippen molar-refractivity contribution in [3.05, 3.63) is 65.7 Å². The summed E-state index contributed by atoms with van der Waals surface area (Å²) in [6.07, 6.45) is 0.565. The largest absolute Gasteiger partial charge is 0.350 e. The monoisotopic (exact) mass is 412 g/mol. The van der Waals surface area contributed by atoms with Crippen LogP contribution in [0.3, 0.4) is 0 Å². The maximum atomic E-state index is 13.2. The van der Waals surface area contributed by atoms with Crippen LogP contribution in [-0.2, 0) is 16.1 Å². The van der Waals surface area contributed by atoms with E-state index >= 15 is 0 Å². The molecule has 0 aliphatic carbocycles. The number of nitrogens with one attached hydrogen (secondary N) is 1. The first-order valence-corrected chi connectivity index (χ1v) is 11.0. The van der Waals surface area contributed by atoms with Crippen molar-refractivity contribution in [3.63, 3.8) is 0 Å². The minimum Gasteiger partial charge on any atom is -0.350 e. The van der Waals surface area contributed by atoms with Crippen molar-refractivity contribution in [3.8, 4) is 0 Å². The van der Waals surface area contributed by atoms with Crippen molar-refractivity contribution < 1.29 is 9.59 Å². The van der Waals surface area contributed by atoms with E-state index < -0.39 is 6.04 Å². The normalized spacial score (nSPS) is 12.3. The Balaban J connectivity index is 2.24. The number of aryl methyl sites for hydroxylation is 1. The van der Waals surface area contributed by atoms with Crippen LogP contribution in [0.4, 0.5) is 0 Å². The standard InChI is InChI=1S/C24H32N2O2S/c1-6-21(23(28)25-24(3,4)5)26(16-19-13-11-10-12-18(19)2)22(27)17-29-20-14-8-7-9-15-20/h7-15,21H,6,16-17H2,1-5H3,(H,25,28)/t21-/m0/s1. The summed E-state index contributed by atoms with van der Waals surface area (Å²) >= 11 is 1.50. The summed E-state index contributed by atoms with van der Waals surface area (Å²) in [7, 11) is 0. The molecule has 156 valence electrons. The van der Waals surface area contributed by atoms with E-state index in [-0.39, 0.29) is 17.4 Å². The Bertz CT molecular complexity index is 815. The van der Waals surface area contributed by atoms with Crippen molar-refractivity contribution in [1.82, 2.24) is 10.2 Å². The summed E-state index contributed by atoms with van der Waals surface area (Å²) in [4.78, 5) is 29.0. The molecule has 2 rings (SSSR count). The van der Waals surface area contributed by atoms with Crippen LogP contribution in [0.25, 0.3) is 0 Å². The molecule has 2 aromatic rings. The Morgan fingerprint density at radius 3 is 2.24 bits per heavy atom. The number of rotatable bonds is 8. The molecule has 0 fully saturated rings. The number of hydrogen-bond acceptors (Lipinski definition) is 3. The van der Waals surface area contributed by atoms with Gasteiger partial charge in [0.05, 0.1) is 5.75 Å². The van der Waals surface area contributed by atoms with Crippen LogP contribution in [0.1, 0.15) is 45.2 Å². The highest BCUT2D eigenvalue weighted by atomic mass is 32.2. The van der Waals surface area contributed by atoms with Crippen LogP contribution < -0.4 is 5.32 Å². The van der Waals surface area contributed by atoms with Crippen molar-refractivity contribution in [2.24, 2.45) is 0 Å². The van der Waals surface area contributed by atoms with Crippen LogP contribution in [0.5, 0.6) is 0 Å². The van der Waals surface area contributed by atoms with E-state index in [1.54, 1.807) is 4.90 Å². The van der Waals surface area contributed by atoms with Gasteiger partial charge in [0.15, 0.2) is 0 Å². The van der Waals surface area contributed by atoms with Gasteiger partial charge in [-0.05, 0) is 57.4 Å². The van der Waals surface area contributed by atoms with Crippen LogP contribution in [0.15, 0.2) is 59.5 Å². The van der Waals surface area contributed by atoms with Gasteiger partial charge in [-0.15, -0.1) is 11.8 Å². The molecule has 0 aliphatic heterocycles. The van der Waals surface area contributed by atoms with E-state index in [1.807, 2.05) is 89.2 Å². The molecule has 4 nitrogen and oxygen atoms in total. The van der Waals surface area contributed by atoms with E-state index in [1.165, 1.54) is 11.8 Å². The van der Waals surface area contributed by atoms with Gasteiger partial charge in [0, 0.05) is 17.0 Å². The average Bonchev–Trinajstić information content (AvgIpc) is 2.67. The van der Waals surface area contributed by atoms with E-state index in [2.05, 4.69) is 5.32 Å². The van der Waals surface area contributed by atoms with Crippen molar-refractivity contribution in [2.45, 2.75) is 64.1 Å². The molecular formula is C24H32N2O2S. The lowest BCUT2D eigenvalue weighted by molar-refractivity contribution is -0.140. The molecule has 1 N–H and O–H groups in total. The van der Waals surface area contributed by atoms with Gasteiger partial charge in [-0.25, -0.2) is 0 Å². The predicted octanol–water partition coefficient (Wildman–Crippen LogP) is 4.81. The van der Waals surface area contributed by atoms with E-state index in [0.717, 1.165) is 16.0 Å². The fraction of sp³-hybridized carbons (Fsp3) is 0.417. The van der Waals surface area contributed by atoms with Crippen LogP contribution in [-0.4, -0.2) is 34.0 Å². The van der Waals surface area contributed by atoms with Gasteiger partial charge in [-0.1, -0.05) is 49.4 Å². The minimum absolute atomic E-state index is 0.0296. The molecule has 0 heterocycles. The minimum atomic E-state index is -0.502. The van der Waals surface area contributed by atoms with Gasteiger partial charge in [0.1, 0.15) is 6.04 Å². The van der Waals surface area contributed by atoms with E-state index in [9.17, 15) is 9.59 Å². The second-order valence-corrected chi connectivity index (χ2v) is 9.26. The third-order valence-electron chi connectivity index (χ3n) is 4.59. The smallest absolute Gasteiger partial charge is 0.243 e. The van der Waals surface area contributed by atoms with Gasteiger partial charge < -0.3 is 10.2 Å². The Morgan fingerprint density at radius 1 is 1.03 bits per heavy atom. The zero-order valence-electron chi connectivity index (χ0n) is 18.1. The summed E-state index contributed by atoms with van der Waals surface area (Å²) in [5.41, 5.74) is 1.83. The number of carbonyl (C=O) groups is 2. The lowest BCUT2D eigenvalue weighted by atomic mass is 10.0. The molecule has 0 saturated heterocycles. The van der Waals surface area contributed by atoms with Crippen molar-refractivity contribution >= 4 is 23.6 Å². The quantitative estimate of drug-likeness (QED) is 0.633. The Morgan fingerprint density at radius 2 is 1.66 bits per heavy atom. The fourth-order valence-electron chi connectivity index (χ4n) is 3.09. The number of hydrogen-bond donors (Lipinski definition) is 1. The molecular weight excluding hydrogens is 380 g/mol. The molecule has 0 spiro atoms. The third-order valence-corrected chi connectivity index (χ3v) is 5.59. The first-order valence-electron chi connectivity index (χ1n) is 10.0. The van der Waals surface area contributed by atoms with E-state index in [0.29, 0.717) is 18.7 Å². The number of amides is 2. The third kappa shape index (κ3) is 7.24. The fourth-order valence-corrected chi connectivity index (χ4v) is 3.89. The summed E-state index contributed by atoms with van der Waals surface area (Å²) in [5.74, 6) is 0.166. The number of benzene rings is 2. The topological polar surface area (TPSA) is 49.4 Å². The van der Waals surface area contributed by atoms with Gasteiger partial charge in [-0.3, -0.25) is 9.59 Å². The molecule has 0 unspecified atom stereocenters. The number of nitrogens with zero attached hydrogens (tertiary/aromatic N) is 1. The molecule has 29 heavy (non-hydrogen) atoms. The maximum Gasteiger partial charge on any atom is 0.243 e. The highest BCUT2D eigenvalue weighted by Gasteiger charge is 2.30. The van der Waals surface area contributed by atoms with Gasteiger partial charge in [0.2, 0.25) is 11.8 Å². The highest BCUT2D eigenvalue weighted by molar-refractivity contribution is 8.00. The number of thioether (sulfide) groups is 1. The van der Waals surface area contributed by atoms with Crippen LogP contribution in [0.2, 0.25) is 0 Å². The van der Waals surface area contributed by atoms with Gasteiger partial charge >= 0.3 is 0 Å². The van der Waals surface area contributed by atoms with Crippen LogP contribution in [0, 0.1) is 6.92 Å². The molecule has 0 bridgehead atoms. The number of carbonyl (C=O) groups excluding carboxylic acids is 2. The molecule has 1 atom stereocenters. The molecule has 0 aromatic heterocycles. The molecule has 2 aromatic carbocycles. The molecule has 0 radical (unpaired) electrons. The molecule has 0 aliphatic rings. The second kappa shape index (κ2) is 10.5. The summed E-state index contributed by atoms with van der Waals surface area (Å²) in [6, 6.07) is 17.4. The second-order valence-electron chi connectivity index (χ2n) is 8.21. The van der Waals surface area contributed by atoms with Crippen LogP contribution >= 0.6 is 11.8 Å². The average molecular weight is 413 g/mol. The lowest BCUT2D eigenvalue weighted by Crippen LogP contribution is -2.53.